The van der Waals surface area contributed by atoms with Crippen LogP contribution in [0.15, 0.2) is 24.3 Å². The fraction of sp³-hybridized carbons (Fsp3) is 0.588. The van der Waals surface area contributed by atoms with Crippen LogP contribution in [0.1, 0.15) is 50.2 Å². The van der Waals surface area contributed by atoms with E-state index < -0.39 is 0 Å². The molecule has 0 radical (unpaired) electrons. The Morgan fingerprint density at radius 2 is 2.00 bits per heavy atom. The Balaban J connectivity index is 2.31. The monoisotopic (exact) mass is 276 g/mol. The van der Waals surface area contributed by atoms with Gasteiger partial charge in [-0.25, -0.2) is 0 Å². The second-order valence-electron chi connectivity index (χ2n) is 5.47. The third kappa shape index (κ3) is 6.20. The predicted molar refractivity (Wildman–Crippen MR) is 84.3 cm³/mol. The molecule has 3 N–H and O–H groups in total. The zero-order valence-electron chi connectivity index (χ0n) is 12.8. The minimum atomic E-state index is 0.145. The minimum absolute atomic E-state index is 0.145. The summed E-state index contributed by atoms with van der Waals surface area (Å²) in [6.45, 7) is 5.60. The Hall–Kier alpha value is -1.35. The Labute approximate surface area is 122 Å². The third-order valence-electron chi connectivity index (χ3n) is 3.79. The molecule has 20 heavy (non-hydrogen) atoms. The number of nitrogens with two attached hydrogens (primary N) is 1. The highest BCUT2D eigenvalue weighted by molar-refractivity contribution is 5.75. The lowest BCUT2D eigenvalue weighted by atomic mass is 9.94. The Morgan fingerprint density at radius 3 is 2.65 bits per heavy atom. The number of amides is 1. The van der Waals surface area contributed by atoms with Crippen LogP contribution in [0.4, 0.5) is 0 Å². The van der Waals surface area contributed by atoms with Crippen LogP contribution in [0.3, 0.4) is 0 Å². The second-order valence-corrected chi connectivity index (χ2v) is 5.47. The molecule has 0 fully saturated rings. The van der Waals surface area contributed by atoms with Gasteiger partial charge in [-0.05, 0) is 43.4 Å². The third-order valence-corrected chi connectivity index (χ3v) is 3.79. The fourth-order valence-corrected chi connectivity index (χ4v) is 2.50. The van der Waals surface area contributed by atoms with Gasteiger partial charge in [0, 0.05) is 13.0 Å². The van der Waals surface area contributed by atoms with E-state index in [-0.39, 0.29) is 5.91 Å². The van der Waals surface area contributed by atoms with E-state index in [1.165, 1.54) is 17.5 Å². The number of carbonyl (C=O) groups is 1. The van der Waals surface area contributed by atoms with E-state index in [9.17, 15) is 4.79 Å². The summed E-state index contributed by atoms with van der Waals surface area (Å²) in [7, 11) is 0. The fourth-order valence-electron chi connectivity index (χ4n) is 2.50. The van der Waals surface area contributed by atoms with Crippen molar-refractivity contribution >= 4 is 5.91 Å². The first-order valence-electron chi connectivity index (χ1n) is 7.68. The molecule has 0 saturated heterocycles. The molecule has 0 bridgehead atoms. The van der Waals surface area contributed by atoms with Crippen molar-refractivity contribution in [3.63, 3.8) is 0 Å². The molecule has 1 amide bonds. The summed E-state index contributed by atoms with van der Waals surface area (Å²) < 4.78 is 0. The highest BCUT2D eigenvalue weighted by atomic mass is 16.1. The minimum Gasteiger partial charge on any atom is -0.352 e. The van der Waals surface area contributed by atoms with E-state index in [4.69, 9.17) is 5.73 Å². The predicted octanol–water partition coefficient (Wildman–Crippen LogP) is 3.16. The molecule has 1 unspecified atom stereocenters. The van der Waals surface area contributed by atoms with Crippen molar-refractivity contribution in [2.75, 3.05) is 6.54 Å². The first-order chi connectivity index (χ1) is 9.67. The van der Waals surface area contributed by atoms with Gasteiger partial charge in [0.2, 0.25) is 5.91 Å². The number of rotatable bonds is 9. The Kier molecular flexibility index (Phi) is 7.97. The molecule has 1 rings (SSSR count). The lowest BCUT2D eigenvalue weighted by molar-refractivity contribution is -0.121. The molecular weight excluding hydrogens is 248 g/mol. The van der Waals surface area contributed by atoms with Gasteiger partial charge in [0.25, 0.3) is 0 Å². The van der Waals surface area contributed by atoms with Gasteiger partial charge >= 0.3 is 0 Å². The molecule has 1 atom stereocenters. The van der Waals surface area contributed by atoms with E-state index in [2.05, 4.69) is 31.3 Å². The van der Waals surface area contributed by atoms with Crippen molar-refractivity contribution < 1.29 is 4.79 Å². The maximum atomic E-state index is 11.9. The van der Waals surface area contributed by atoms with Gasteiger partial charge < -0.3 is 11.1 Å². The Bertz CT molecular complexity index is 398. The summed E-state index contributed by atoms with van der Waals surface area (Å²) in [4.78, 5) is 11.9. The SMILES string of the molecule is CCCC(CCN)CCC(=O)NCc1ccccc1C. The van der Waals surface area contributed by atoms with Crippen molar-refractivity contribution in [2.45, 2.75) is 52.5 Å². The number of hydrogen-bond donors (Lipinski definition) is 2. The average molecular weight is 276 g/mol. The van der Waals surface area contributed by atoms with Gasteiger partial charge in [-0.1, -0.05) is 44.0 Å². The maximum absolute atomic E-state index is 11.9. The number of carbonyl (C=O) groups excluding carboxylic acids is 1. The van der Waals surface area contributed by atoms with Crippen molar-refractivity contribution in [2.24, 2.45) is 11.7 Å². The van der Waals surface area contributed by atoms with Gasteiger partial charge in [0.05, 0.1) is 0 Å². The van der Waals surface area contributed by atoms with E-state index in [0.717, 1.165) is 25.8 Å². The molecule has 1 aromatic carbocycles. The van der Waals surface area contributed by atoms with Crippen LogP contribution in [-0.2, 0) is 11.3 Å². The van der Waals surface area contributed by atoms with Crippen LogP contribution in [0, 0.1) is 12.8 Å². The first-order valence-corrected chi connectivity index (χ1v) is 7.68. The van der Waals surface area contributed by atoms with Gasteiger partial charge in [-0.3, -0.25) is 4.79 Å². The summed E-state index contributed by atoms with van der Waals surface area (Å²) >= 11 is 0. The zero-order valence-corrected chi connectivity index (χ0v) is 12.8. The summed E-state index contributed by atoms with van der Waals surface area (Å²) in [6, 6.07) is 8.15. The van der Waals surface area contributed by atoms with E-state index >= 15 is 0 Å². The molecule has 0 aliphatic rings. The standard InChI is InChI=1S/C17H28N2O/c1-3-6-15(11-12-18)9-10-17(20)19-13-16-8-5-4-7-14(16)2/h4-5,7-8,15H,3,6,9-13,18H2,1-2H3,(H,19,20). The summed E-state index contributed by atoms with van der Waals surface area (Å²) in [5.41, 5.74) is 8.03. The second kappa shape index (κ2) is 9.54. The number of nitrogens with one attached hydrogen (secondary N) is 1. The molecule has 1 aromatic rings. The van der Waals surface area contributed by atoms with Gasteiger partial charge in [-0.15, -0.1) is 0 Å². The van der Waals surface area contributed by atoms with Crippen LogP contribution < -0.4 is 11.1 Å². The van der Waals surface area contributed by atoms with Crippen LogP contribution in [0.2, 0.25) is 0 Å². The summed E-state index contributed by atoms with van der Waals surface area (Å²) in [5.74, 6) is 0.737. The molecule has 0 spiro atoms. The van der Waals surface area contributed by atoms with E-state index in [1.54, 1.807) is 0 Å². The van der Waals surface area contributed by atoms with Gasteiger partial charge in [0.1, 0.15) is 0 Å². The average Bonchev–Trinajstić information content (AvgIpc) is 2.44. The molecule has 112 valence electrons. The van der Waals surface area contributed by atoms with E-state index in [0.29, 0.717) is 18.9 Å². The molecule has 0 heterocycles. The highest BCUT2D eigenvalue weighted by Crippen LogP contribution is 2.17. The molecule has 0 aliphatic carbocycles. The van der Waals surface area contributed by atoms with Crippen molar-refractivity contribution in [1.82, 2.24) is 5.32 Å². The van der Waals surface area contributed by atoms with Crippen molar-refractivity contribution in [3.8, 4) is 0 Å². The van der Waals surface area contributed by atoms with Crippen LogP contribution in [-0.4, -0.2) is 12.5 Å². The topological polar surface area (TPSA) is 55.1 Å². The van der Waals surface area contributed by atoms with Crippen LogP contribution in [0.25, 0.3) is 0 Å². The maximum Gasteiger partial charge on any atom is 0.220 e. The summed E-state index contributed by atoms with van der Waals surface area (Å²) in [6.07, 6.45) is 4.91. The van der Waals surface area contributed by atoms with Crippen LogP contribution in [0.5, 0.6) is 0 Å². The lowest BCUT2D eigenvalue weighted by Crippen LogP contribution is -2.24. The number of benzene rings is 1. The number of hydrogen-bond acceptors (Lipinski definition) is 2. The first kappa shape index (κ1) is 16.7. The lowest BCUT2D eigenvalue weighted by Gasteiger charge is -2.15. The van der Waals surface area contributed by atoms with Crippen molar-refractivity contribution in [3.05, 3.63) is 35.4 Å². The normalized spacial score (nSPS) is 12.2. The van der Waals surface area contributed by atoms with Crippen molar-refractivity contribution in [1.29, 1.82) is 0 Å². The molecule has 0 aliphatic heterocycles. The quantitative estimate of drug-likeness (QED) is 0.728. The van der Waals surface area contributed by atoms with E-state index in [1.807, 2.05) is 12.1 Å². The molecule has 0 saturated carbocycles. The Morgan fingerprint density at radius 1 is 1.25 bits per heavy atom. The number of aryl methyl sites for hydroxylation is 1. The molecule has 0 aromatic heterocycles. The van der Waals surface area contributed by atoms with Gasteiger partial charge in [0.15, 0.2) is 0 Å². The highest BCUT2D eigenvalue weighted by Gasteiger charge is 2.10. The summed E-state index contributed by atoms with van der Waals surface area (Å²) in [5, 5.41) is 3.01. The molecule has 3 heteroatoms. The molecule has 3 nitrogen and oxygen atoms in total. The van der Waals surface area contributed by atoms with Crippen LogP contribution >= 0.6 is 0 Å². The molecular formula is C17H28N2O. The van der Waals surface area contributed by atoms with Gasteiger partial charge in [-0.2, -0.15) is 0 Å². The smallest absolute Gasteiger partial charge is 0.220 e. The largest absolute Gasteiger partial charge is 0.352 e. The zero-order chi connectivity index (χ0) is 14.8.